The van der Waals surface area contributed by atoms with Gasteiger partial charge in [0.1, 0.15) is 0 Å². The zero-order valence-electron chi connectivity index (χ0n) is 12.8. The molecule has 21 heavy (non-hydrogen) atoms. The molecule has 3 rings (SSSR count). The molecule has 0 aromatic carbocycles. The van der Waals surface area contributed by atoms with Crippen LogP contribution in [0.25, 0.3) is 0 Å². The summed E-state index contributed by atoms with van der Waals surface area (Å²) in [5.41, 5.74) is 2.25. The molecule has 0 bridgehead atoms. The van der Waals surface area contributed by atoms with Crippen molar-refractivity contribution in [2.45, 2.75) is 32.0 Å². The van der Waals surface area contributed by atoms with Crippen LogP contribution >= 0.6 is 0 Å². The van der Waals surface area contributed by atoms with Crippen molar-refractivity contribution < 1.29 is 4.74 Å². The van der Waals surface area contributed by atoms with E-state index in [4.69, 9.17) is 4.74 Å². The third-order valence-electron chi connectivity index (χ3n) is 4.13. The highest BCUT2D eigenvalue weighted by molar-refractivity contribution is 5.11. The Morgan fingerprint density at radius 1 is 1.38 bits per heavy atom. The summed E-state index contributed by atoms with van der Waals surface area (Å²) in [5.74, 6) is 0.279. The lowest BCUT2D eigenvalue weighted by Crippen LogP contribution is -2.24. The fourth-order valence-electron chi connectivity index (χ4n) is 3.05. The van der Waals surface area contributed by atoms with Crippen molar-refractivity contribution >= 4 is 0 Å². The maximum absolute atomic E-state index is 5.65. The zero-order valence-corrected chi connectivity index (χ0v) is 12.8. The smallest absolute Gasteiger partial charge is 0.0897 e. The fourth-order valence-corrected chi connectivity index (χ4v) is 3.05. The van der Waals surface area contributed by atoms with E-state index >= 15 is 0 Å². The summed E-state index contributed by atoms with van der Waals surface area (Å²) in [6.45, 7) is 5.75. The lowest BCUT2D eigenvalue weighted by Gasteiger charge is -2.15. The summed E-state index contributed by atoms with van der Waals surface area (Å²) in [7, 11) is 3.67. The highest BCUT2D eigenvalue weighted by Gasteiger charge is 2.35. The van der Waals surface area contributed by atoms with E-state index in [-0.39, 0.29) is 12.0 Å². The van der Waals surface area contributed by atoms with Crippen LogP contribution in [0.5, 0.6) is 0 Å². The van der Waals surface area contributed by atoms with Gasteiger partial charge in [0, 0.05) is 58.6 Å². The van der Waals surface area contributed by atoms with Gasteiger partial charge in [0.25, 0.3) is 0 Å². The van der Waals surface area contributed by atoms with Crippen molar-refractivity contribution in [2.75, 3.05) is 20.2 Å². The van der Waals surface area contributed by atoms with Crippen molar-refractivity contribution in [3.05, 3.63) is 29.8 Å². The van der Waals surface area contributed by atoms with E-state index in [1.54, 1.807) is 11.8 Å². The quantitative estimate of drug-likeness (QED) is 0.809. The summed E-state index contributed by atoms with van der Waals surface area (Å²) in [4.78, 5) is 2.40. The van der Waals surface area contributed by atoms with Crippen molar-refractivity contribution in [1.29, 1.82) is 0 Å². The Morgan fingerprint density at radius 3 is 2.90 bits per heavy atom. The highest BCUT2D eigenvalue weighted by atomic mass is 16.5. The molecule has 0 N–H and O–H groups in total. The Bertz CT molecular complexity index is 592. The Kier molecular flexibility index (Phi) is 4.03. The third kappa shape index (κ3) is 2.84. The molecule has 0 spiro atoms. The Hall–Kier alpha value is -1.73. The van der Waals surface area contributed by atoms with Gasteiger partial charge in [-0.1, -0.05) is 5.21 Å². The molecule has 0 aliphatic carbocycles. The maximum atomic E-state index is 5.65. The van der Waals surface area contributed by atoms with Gasteiger partial charge >= 0.3 is 0 Å². The average Bonchev–Trinajstić information content (AvgIpc) is 3.18. The first-order valence-electron chi connectivity index (χ1n) is 7.33. The van der Waals surface area contributed by atoms with E-state index in [1.807, 2.05) is 24.1 Å². The summed E-state index contributed by atoms with van der Waals surface area (Å²) < 4.78 is 9.44. The monoisotopic (exact) mass is 290 g/mol. The van der Waals surface area contributed by atoms with Gasteiger partial charge < -0.3 is 4.74 Å². The largest absolute Gasteiger partial charge is 0.379 e. The van der Waals surface area contributed by atoms with Crippen molar-refractivity contribution in [2.24, 2.45) is 7.05 Å². The molecule has 7 heteroatoms. The maximum Gasteiger partial charge on any atom is 0.0897 e. The van der Waals surface area contributed by atoms with Crippen LogP contribution in [0, 0.1) is 0 Å². The Labute approximate surface area is 124 Å². The van der Waals surface area contributed by atoms with E-state index in [9.17, 15) is 0 Å². The number of rotatable bonds is 5. The second kappa shape index (κ2) is 5.95. The number of methoxy groups -OCH3 is 1. The average molecular weight is 290 g/mol. The minimum Gasteiger partial charge on any atom is -0.379 e. The van der Waals surface area contributed by atoms with Crippen molar-refractivity contribution in [3.8, 4) is 0 Å². The molecule has 0 amide bonds. The Morgan fingerprint density at radius 2 is 2.24 bits per heavy atom. The van der Waals surface area contributed by atoms with Gasteiger partial charge in [-0.2, -0.15) is 5.10 Å². The molecular formula is C14H22N6O. The first kappa shape index (κ1) is 14.2. The van der Waals surface area contributed by atoms with Gasteiger partial charge in [0.2, 0.25) is 0 Å². The van der Waals surface area contributed by atoms with Gasteiger partial charge in [-0.25, -0.2) is 0 Å². The van der Waals surface area contributed by atoms with E-state index in [0.29, 0.717) is 0 Å². The number of hydrogen-bond donors (Lipinski definition) is 0. The zero-order chi connectivity index (χ0) is 14.8. The first-order valence-corrected chi connectivity index (χ1v) is 7.33. The van der Waals surface area contributed by atoms with E-state index in [2.05, 4.69) is 33.3 Å². The van der Waals surface area contributed by atoms with Crippen LogP contribution < -0.4 is 0 Å². The number of aromatic nitrogens is 5. The third-order valence-corrected chi connectivity index (χ3v) is 4.13. The molecular weight excluding hydrogens is 268 g/mol. The van der Waals surface area contributed by atoms with Gasteiger partial charge in [-0.15, -0.1) is 5.10 Å². The summed E-state index contributed by atoms with van der Waals surface area (Å²) in [6.07, 6.45) is 4.01. The van der Waals surface area contributed by atoms with Crippen LogP contribution in [-0.4, -0.2) is 56.0 Å². The van der Waals surface area contributed by atoms with Crippen LogP contribution in [0.1, 0.15) is 24.2 Å². The summed E-state index contributed by atoms with van der Waals surface area (Å²) in [6, 6.07) is 2.08. The lowest BCUT2D eigenvalue weighted by molar-refractivity contribution is 0.0955. The molecule has 2 atom stereocenters. The molecule has 7 nitrogen and oxygen atoms in total. The summed E-state index contributed by atoms with van der Waals surface area (Å²) in [5, 5.41) is 12.6. The van der Waals surface area contributed by atoms with E-state index in [1.165, 1.54) is 5.69 Å². The number of nitrogens with zero attached hydrogens (tertiary/aromatic N) is 6. The molecule has 1 fully saturated rings. The second-order valence-corrected chi connectivity index (χ2v) is 5.53. The predicted molar refractivity (Wildman–Crippen MR) is 77.7 cm³/mol. The van der Waals surface area contributed by atoms with Gasteiger partial charge in [0.05, 0.1) is 17.5 Å². The molecule has 3 heterocycles. The number of ether oxygens (including phenoxy) is 1. The molecule has 0 unspecified atom stereocenters. The molecule has 0 saturated carbocycles. The molecule has 1 aliphatic rings. The van der Waals surface area contributed by atoms with E-state index in [0.717, 1.165) is 31.9 Å². The van der Waals surface area contributed by atoms with Gasteiger partial charge in [-0.05, 0) is 13.0 Å². The SMILES string of the molecule is CCn1nccc1CN1C[C@@H](OC)[C@H](c2cn(C)nn2)C1. The van der Waals surface area contributed by atoms with Crippen LogP contribution in [0.15, 0.2) is 18.5 Å². The number of likely N-dealkylation sites (tertiary alicyclic amines) is 1. The second-order valence-electron chi connectivity index (χ2n) is 5.53. The molecule has 2 aromatic heterocycles. The van der Waals surface area contributed by atoms with Crippen LogP contribution in [0.2, 0.25) is 0 Å². The topological polar surface area (TPSA) is 61.0 Å². The van der Waals surface area contributed by atoms with Gasteiger partial charge in [-0.3, -0.25) is 14.3 Å². The van der Waals surface area contributed by atoms with Crippen LogP contribution in [-0.2, 0) is 24.9 Å². The van der Waals surface area contributed by atoms with Gasteiger partial charge in [0.15, 0.2) is 0 Å². The molecule has 1 saturated heterocycles. The van der Waals surface area contributed by atoms with Crippen LogP contribution in [0.3, 0.4) is 0 Å². The highest BCUT2D eigenvalue weighted by Crippen LogP contribution is 2.29. The first-order chi connectivity index (χ1) is 10.2. The number of hydrogen-bond acceptors (Lipinski definition) is 5. The minimum absolute atomic E-state index is 0.166. The number of aryl methyl sites for hydroxylation is 2. The van der Waals surface area contributed by atoms with Crippen molar-refractivity contribution in [3.63, 3.8) is 0 Å². The van der Waals surface area contributed by atoms with E-state index < -0.39 is 0 Å². The standard InChI is InChI=1S/C14H22N6O/c1-4-20-11(5-6-15-20)7-19-8-12(14(10-19)21-3)13-9-18(2)17-16-13/h5-6,9,12,14H,4,7-8,10H2,1-3H3/t12-,14+/m0/s1. The molecule has 1 aliphatic heterocycles. The predicted octanol–water partition coefficient (Wildman–Crippen LogP) is 0.646. The summed E-state index contributed by atoms with van der Waals surface area (Å²) >= 11 is 0. The lowest BCUT2D eigenvalue weighted by atomic mass is 10.0. The Balaban J connectivity index is 1.72. The van der Waals surface area contributed by atoms with Crippen molar-refractivity contribution in [1.82, 2.24) is 29.7 Å². The minimum atomic E-state index is 0.166. The normalized spacial score (nSPS) is 23.0. The fraction of sp³-hybridized carbons (Fsp3) is 0.643. The molecule has 114 valence electrons. The van der Waals surface area contributed by atoms with Crippen LogP contribution in [0.4, 0.5) is 0 Å². The molecule has 2 aromatic rings. The molecule has 0 radical (unpaired) electrons.